The van der Waals surface area contributed by atoms with Gasteiger partial charge in [0.1, 0.15) is 18.0 Å². The molecule has 5 nitrogen and oxygen atoms in total. The number of nitrogens with zero attached hydrogens (tertiary/aromatic N) is 1. The van der Waals surface area contributed by atoms with Crippen LogP contribution in [0.15, 0.2) is 27.5 Å². The van der Waals surface area contributed by atoms with E-state index in [-0.39, 0.29) is 28.9 Å². The third-order valence-corrected chi connectivity index (χ3v) is 12.1. The summed E-state index contributed by atoms with van der Waals surface area (Å²) in [5.41, 5.74) is 3.85. The Kier molecular flexibility index (Phi) is 7.03. The summed E-state index contributed by atoms with van der Waals surface area (Å²) in [6, 6.07) is -0.596. The summed E-state index contributed by atoms with van der Waals surface area (Å²) in [6.07, 6.45) is 1.53. The molecule has 0 aromatic rings. The highest BCUT2D eigenvalue weighted by molar-refractivity contribution is 14.1. The van der Waals surface area contributed by atoms with Gasteiger partial charge in [-0.3, -0.25) is 4.79 Å². The van der Waals surface area contributed by atoms with Gasteiger partial charge in [0.15, 0.2) is 8.32 Å². The van der Waals surface area contributed by atoms with E-state index in [1.165, 1.54) is 6.08 Å². The highest BCUT2D eigenvalue weighted by Crippen LogP contribution is 2.53. The molecule has 0 bridgehead atoms. The van der Waals surface area contributed by atoms with Crippen LogP contribution < -0.4 is 0 Å². The van der Waals surface area contributed by atoms with E-state index in [2.05, 4.69) is 68.8 Å². The molecule has 28 heavy (non-hydrogen) atoms. The Morgan fingerprint density at radius 3 is 2.57 bits per heavy atom. The van der Waals surface area contributed by atoms with Gasteiger partial charge in [0.2, 0.25) is 0 Å². The van der Waals surface area contributed by atoms with E-state index in [4.69, 9.17) is 9.16 Å². The maximum atomic E-state index is 12.8. The molecule has 0 aromatic heterocycles. The average Bonchev–Trinajstić information content (AvgIpc) is 2.83. The van der Waals surface area contributed by atoms with Crippen molar-refractivity contribution in [3.05, 3.63) is 27.5 Å². The molecule has 2 saturated heterocycles. The first-order valence-corrected chi connectivity index (χ1v) is 14.2. The van der Waals surface area contributed by atoms with Crippen molar-refractivity contribution >= 4 is 54.5 Å². The fraction of sp³-hybridized carbons (Fsp3) is 0.650. The second-order valence-electron chi connectivity index (χ2n) is 9.10. The minimum Gasteiger partial charge on any atom is -0.460 e. The normalized spacial score (nSPS) is 23.6. The Morgan fingerprint density at radius 1 is 1.43 bits per heavy atom. The summed E-state index contributed by atoms with van der Waals surface area (Å²) in [4.78, 5) is 26.8. The summed E-state index contributed by atoms with van der Waals surface area (Å²) in [5, 5.41) is -0.0359. The van der Waals surface area contributed by atoms with E-state index in [0.29, 0.717) is 12.2 Å². The van der Waals surface area contributed by atoms with Gasteiger partial charge in [0.25, 0.3) is 5.91 Å². The minimum atomic E-state index is -1.86. The van der Waals surface area contributed by atoms with Crippen LogP contribution in [0, 0.1) is 0 Å². The zero-order valence-electron chi connectivity index (χ0n) is 17.7. The molecule has 8 heteroatoms. The van der Waals surface area contributed by atoms with Crippen molar-refractivity contribution in [3.8, 4) is 0 Å². The van der Waals surface area contributed by atoms with E-state index in [1.54, 1.807) is 16.7 Å². The fourth-order valence-electron chi connectivity index (χ4n) is 2.85. The van der Waals surface area contributed by atoms with Crippen LogP contribution >= 0.6 is 34.4 Å². The summed E-state index contributed by atoms with van der Waals surface area (Å²) in [7, 11) is -1.86. The van der Waals surface area contributed by atoms with Crippen molar-refractivity contribution in [1.82, 2.24) is 4.90 Å². The molecule has 0 aromatic carbocycles. The quantitative estimate of drug-likeness (QED) is 0.0944. The monoisotopic (exact) mass is 535 g/mol. The number of fused-ring (bicyclic) bond motifs is 1. The number of halogens is 1. The van der Waals surface area contributed by atoms with Gasteiger partial charge in [-0.25, -0.2) is 4.79 Å². The van der Waals surface area contributed by atoms with E-state index in [0.717, 1.165) is 3.58 Å². The van der Waals surface area contributed by atoms with Crippen LogP contribution in [0.1, 0.15) is 34.6 Å². The molecule has 0 radical (unpaired) electrons. The Balaban J connectivity index is 2.18. The van der Waals surface area contributed by atoms with E-state index in [1.807, 2.05) is 13.8 Å². The lowest BCUT2D eigenvalue weighted by Gasteiger charge is -2.38. The molecule has 0 spiro atoms. The predicted octanol–water partition coefficient (Wildman–Crippen LogP) is 4.64. The van der Waals surface area contributed by atoms with Crippen molar-refractivity contribution in [2.45, 2.75) is 68.9 Å². The first-order chi connectivity index (χ1) is 12.7. The number of hydrogen-bond donors (Lipinski definition) is 0. The molecule has 2 atom stereocenters. The summed E-state index contributed by atoms with van der Waals surface area (Å²) < 4.78 is 11.9. The van der Waals surface area contributed by atoms with Crippen molar-refractivity contribution in [2.75, 3.05) is 13.2 Å². The number of carbonyl (C=O) groups is 2. The summed E-state index contributed by atoms with van der Waals surface area (Å²) >= 11 is 3.79. The van der Waals surface area contributed by atoms with Gasteiger partial charge < -0.3 is 14.1 Å². The molecular weight excluding hydrogens is 505 g/mol. The van der Waals surface area contributed by atoms with E-state index in [9.17, 15) is 9.59 Å². The van der Waals surface area contributed by atoms with Crippen molar-refractivity contribution in [2.24, 2.45) is 0 Å². The Bertz CT molecular complexity index is 750. The number of rotatable bonds is 6. The summed E-state index contributed by atoms with van der Waals surface area (Å²) in [6.45, 7) is 19.1. The van der Waals surface area contributed by atoms with Gasteiger partial charge in [0, 0.05) is 4.75 Å². The van der Waals surface area contributed by atoms with Gasteiger partial charge in [-0.2, -0.15) is 0 Å². The lowest BCUT2D eigenvalue weighted by atomic mass is 9.96. The lowest BCUT2D eigenvalue weighted by molar-refractivity contribution is -0.156. The summed E-state index contributed by atoms with van der Waals surface area (Å²) in [5.74, 6) is -0.530. The number of carbonyl (C=O) groups excluding carboxylic acids is 2. The fourth-order valence-corrected chi connectivity index (χ4v) is 6.06. The van der Waals surface area contributed by atoms with E-state index < -0.39 is 19.1 Å². The number of hydrogen-bond acceptors (Lipinski definition) is 5. The standard InChI is InChI=1S/C20H30INO4SSi/c1-9-10-25-18(24)15-20(5,6)27-17-14(16(23)22(15)17)11-13(21)12-26-28(7,8)19(2,3)4/h9,15,17H,1,10,12H2,2-8H3/t11?,15-,17+/m0/s1. The number of amides is 1. The SMILES string of the molecule is C=CCOC(=O)[C@@H]1N2C(=O)C(=C=C(I)CO[Si](C)(C)C(C)(C)C)[C@H]2SC1(C)C. The predicted molar refractivity (Wildman–Crippen MR) is 125 cm³/mol. The highest BCUT2D eigenvalue weighted by Gasteiger charge is 2.62. The lowest BCUT2D eigenvalue weighted by Crippen LogP contribution is -2.58. The second kappa shape index (κ2) is 8.30. The van der Waals surface area contributed by atoms with Crippen molar-refractivity contribution in [1.29, 1.82) is 0 Å². The van der Waals surface area contributed by atoms with Crippen LogP contribution in [0.4, 0.5) is 0 Å². The van der Waals surface area contributed by atoms with Crippen molar-refractivity contribution in [3.63, 3.8) is 0 Å². The van der Waals surface area contributed by atoms with Gasteiger partial charge in [-0.05, 0) is 54.6 Å². The number of thioether (sulfide) groups is 1. The molecule has 0 unspecified atom stereocenters. The zero-order chi connectivity index (χ0) is 21.5. The maximum absolute atomic E-state index is 12.8. The van der Waals surface area contributed by atoms with E-state index >= 15 is 0 Å². The molecule has 2 aliphatic heterocycles. The van der Waals surface area contributed by atoms with Crippen LogP contribution in [0.5, 0.6) is 0 Å². The molecule has 156 valence electrons. The number of β-lactam (4-membered cyclic amide) rings is 1. The maximum Gasteiger partial charge on any atom is 0.330 e. The first kappa shape index (κ1) is 23.7. The topological polar surface area (TPSA) is 55.8 Å². The molecule has 0 aliphatic carbocycles. The molecule has 1 amide bonds. The van der Waals surface area contributed by atoms with Crippen LogP contribution in [0.25, 0.3) is 0 Å². The van der Waals surface area contributed by atoms with Crippen LogP contribution in [-0.4, -0.2) is 54.5 Å². The highest BCUT2D eigenvalue weighted by atomic mass is 127. The molecule has 2 rings (SSSR count). The molecule has 0 saturated carbocycles. The first-order valence-electron chi connectivity index (χ1n) is 9.30. The van der Waals surface area contributed by atoms with Gasteiger partial charge in [-0.15, -0.1) is 11.8 Å². The zero-order valence-corrected chi connectivity index (χ0v) is 21.7. The molecule has 2 heterocycles. The minimum absolute atomic E-state index is 0.129. The Hall–Kier alpha value is -0.543. The van der Waals surface area contributed by atoms with Crippen LogP contribution in [0.2, 0.25) is 18.1 Å². The third-order valence-electron chi connectivity index (χ3n) is 5.52. The number of esters is 1. The van der Waals surface area contributed by atoms with Gasteiger partial charge >= 0.3 is 5.97 Å². The molecular formula is C20H30INO4SSi. The molecule has 2 aliphatic rings. The van der Waals surface area contributed by atoms with Crippen molar-refractivity contribution < 1.29 is 18.8 Å². The average molecular weight is 536 g/mol. The van der Waals surface area contributed by atoms with Crippen LogP contribution in [-0.2, 0) is 18.8 Å². The third kappa shape index (κ3) is 4.61. The second-order valence-corrected chi connectivity index (χ2v) is 16.9. The largest absolute Gasteiger partial charge is 0.460 e. The Labute approximate surface area is 187 Å². The van der Waals surface area contributed by atoms with Gasteiger partial charge in [-0.1, -0.05) is 39.2 Å². The van der Waals surface area contributed by atoms with Gasteiger partial charge in [0.05, 0.1) is 15.8 Å². The Morgan fingerprint density at radius 2 is 2.04 bits per heavy atom. The smallest absolute Gasteiger partial charge is 0.330 e. The molecule has 2 fully saturated rings. The molecule has 0 N–H and O–H groups in total. The van der Waals surface area contributed by atoms with Crippen LogP contribution in [0.3, 0.4) is 0 Å². The number of ether oxygens (including phenoxy) is 1.